The van der Waals surface area contributed by atoms with E-state index in [0.29, 0.717) is 0 Å². The molecule has 0 radical (unpaired) electrons. The Morgan fingerprint density at radius 3 is 2.91 bits per heavy atom. The van der Waals surface area contributed by atoms with Gasteiger partial charge in [-0.2, -0.15) is 0 Å². The lowest BCUT2D eigenvalue weighted by Crippen LogP contribution is -1.86. The Morgan fingerprint density at radius 2 is 2.36 bits per heavy atom. The first-order valence-electron chi connectivity index (χ1n) is 3.58. The number of hydrogen-bond acceptors (Lipinski definition) is 1. The molecule has 0 atom stereocenters. The number of hydrogen-bond donors (Lipinski definition) is 0. The highest BCUT2D eigenvalue weighted by atomic mass is 15.0. The minimum absolute atomic E-state index is 0.931. The largest absolute Gasteiger partial charge is 0.307 e. The van der Waals surface area contributed by atoms with Crippen molar-refractivity contribution in [2.75, 3.05) is 0 Å². The van der Waals surface area contributed by atoms with Crippen molar-refractivity contribution in [3.8, 4) is 0 Å². The molecule has 58 valence electrons. The molecule has 1 heterocycles. The molecule has 1 aromatic heterocycles. The fourth-order valence-corrected chi connectivity index (χ4v) is 0.953. The van der Waals surface area contributed by atoms with Crippen LogP contribution in [0.25, 0.3) is 12.3 Å². The third kappa shape index (κ3) is 1.58. The summed E-state index contributed by atoms with van der Waals surface area (Å²) in [4.78, 5) is 4.28. The zero-order valence-corrected chi connectivity index (χ0v) is 6.91. The predicted molar refractivity (Wildman–Crippen MR) is 48.1 cm³/mol. The number of aryl methyl sites for hydroxylation is 1. The van der Waals surface area contributed by atoms with Gasteiger partial charge in [0.25, 0.3) is 0 Å². The lowest BCUT2D eigenvalue weighted by Gasteiger charge is -1.92. The topological polar surface area (TPSA) is 17.8 Å². The van der Waals surface area contributed by atoms with Gasteiger partial charge in [-0.05, 0) is 19.9 Å². The van der Waals surface area contributed by atoms with Crippen LogP contribution in [-0.4, -0.2) is 9.55 Å². The summed E-state index contributed by atoms with van der Waals surface area (Å²) in [6, 6.07) is 0. The van der Waals surface area contributed by atoms with E-state index < -0.39 is 0 Å². The van der Waals surface area contributed by atoms with Crippen LogP contribution in [0.3, 0.4) is 0 Å². The lowest BCUT2D eigenvalue weighted by atomic mass is 10.5. The van der Waals surface area contributed by atoms with Gasteiger partial charge in [0.05, 0.1) is 5.69 Å². The summed E-state index contributed by atoms with van der Waals surface area (Å²) < 4.78 is 1.90. The van der Waals surface area contributed by atoms with Crippen LogP contribution in [0.5, 0.6) is 0 Å². The minimum Gasteiger partial charge on any atom is -0.307 e. The normalized spacial score (nSPS) is 10.7. The third-order valence-corrected chi connectivity index (χ3v) is 1.39. The molecular weight excluding hydrogens is 136 g/mol. The Hall–Kier alpha value is -1.31. The van der Waals surface area contributed by atoms with Gasteiger partial charge < -0.3 is 4.57 Å². The molecule has 0 aliphatic rings. The summed E-state index contributed by atoms with van der Waals surface area (Å²) in [6.45, 7) is 7.61. The maximum absolute atomic E-state index is 4.28. The number of allylic oxidation sites excluding steroid dienone is 1. The van der Waals surface area contributed by atoms with Crippen molar-refractivity contribution in [1.29, 1.82) is 0 Å². The van der Waals surface area contributed by atoms with E-state index in [2.05, 4.69) is 11.6 Å². The Labute approximate surface area is 66.9 Å². The van der Waals surface area contributed by atoms with E-state index in [-0.39, 0.29) is 0 Å². The highest BCUT2D eigenvalue weighted by Gasteiger charge is 1.96. The third-order valence-electron chi connectivity index (χ3n) is 1.39. The molecule has 2 heteroatoms. The minimum atomic E-state index is 0.931. The molecule has 0 amide bonds. The Kier molecular flexibility index (Phi) is 2.26. The fraction of sp³-hybridized carbons (Fsp3) is 0.222. The van der Waals surface area contributed by atoms with Crippen LogP contribution >= 0.6 is 0 Å². The van der Waals surface area contributed by atoms with Crippen LogP contribution in [0.2, 0.25) is 0 Å². The van der Waals surface area contributed by atoms with E-state index in [4.69, 9.17) is 0 Å². The Balaban J connectivity index is 3.11. The van der Waals surface area contributed by atoms with Crippen LogP contribution in [0.15, 0.2) is 18.9 Å². The van der Waals surface area contributed by atoms with Crippen molar-refractivity contribution in [1.82, 2.24) is 9.55 Å². The van der Waals surface area contributed by atoms with Gasteiger partial charge in [0.1, 0.15) is 5.82 Å². The molecule has 1 aromatic rings. The van der Waals surface area contributed by atoms with E-state index in [9.17, 15) is 0 Å². The summed E-state index contributed by atoms with van der Waals surface area (Å²) in [5.74, 6) is 0.931. The zero-order valence-electron chi connectivity index (χ0n) is 6.91. The molecule has 1 rings (SSSR count). The molecule has 0 unspecified atom stereocenters. The second kappa shape index (κ2) is 3.19. The summed E-state index contributed by atoms with van der Waals surface area (Å²) in [5.41, 5.74) is 1.01. The van der Waals surface area contributed by atoms with Gasteiger partial charge >= 0.3 is 0 Å². The summed E-state index contributed by atoms with van der Waals surface area (Å²) >= 11 is 0. The molecule has 2 nitrogen and oxygen atoms in total. The Morgan fingerprint density at radius 1 is 1.64 bits per heavy atom. The fourth-order valence-electron chi connectivity index (χ4n) is 0.953. The summed E-state index contributed by atoms with van der Waals surface area (Å²) in [5, 5.41) is 0. The molecule has 11 heavy (non-hydrogen) atoms. The van der Waals surface area contributed by atoms with Crippen molar-refractivity contribution in [2.24, 2.45) is 0 Å². The van der Waals surface area contributed by atoms with Gasteiger partial charge in [-0.25, -0.2) is 4.98 Å². The molecule has 0 saturated carbocycles. The van der Waals surface area contributed by atoms with E-state index in [1.54, 1.807) is 6.20 Å². The van der Waals surface area contributed by atoms with Gasteiger partial charge in [0.2, 0.25) is 0 Å². The maximum Gasteiger partial charge on any atom is 0.136 e. The summed E-state index contributed by atoms with van der Waals surface area (Å²) in [7, 11) is 0. The second-order valence-electron chi connectivity index (χ2n) is 2.33. The van der Waals surface area contributed by atoms with E-state index in [1.165, 1.54) is 0 Å². The highest BCUT2D eigenvalue weighted by Crippen LogP contribution is 2.04. The first-order valence-corrected chi connectivity index (χ1v) is 3.58. The van der Waals surface area contributed by atoms with Gasteiger partial charge in [-0.15, -0.1) is 0 Å². The molecule has 0 aromatic carbocycles. The zero-order chi connectivity index (χ0) is 8.27. The van der Waals surface area contributed by atoms with Crippen molar-refractivity contribution in [3.05, 3.63) is 30.4 Å². The molecule has 0 bridgehead atoms. The number of imidazole rings is 1. The SMILES string of the molecule is C=Cn1cc(C)nc1/C=C\C. The Bertz CT molecular complexity index is 282. The molecule has 0 spiro atoms. The van der Waals surface area contributed by atoms with Crippen LogP contribution < -0.4 is 0 Å². The molecular formula is C9H12N2. The number of aromatic nitrogens is 2. The smallest absolute Gasteiger partial charge is 0.136 e. The molecule has 0 N–H and O–H groups in total. The highest BCUT2D eigenvalue weighted by molar-refractivity contribution is 5.44. The van der Waals surface area contributed by atoms with Gasteiger partial charge in [-0.1, -0.05) is 12.7 Å². The quantitative estimate of drug-likeness (QED) is 0.629. The number of rotatable bonds is 2. The van der Waals surface area contributed by atoms with Crippen molar-refractivity contribution in [2.45, 2.75) is 13.8 Å². The van der Waals surface area contributed by atoms with E-state index >= 15 is 0 Å². The van der Waals surface area contributed by atoms with Crippen LogP contribution in [0.1, 0.15) is 18.4 Å². The van der Waals surface area contributed by atoms with Crippen molar-refractivity contribution >= 4 is 12.3 Å². The molecule has 0 aliphatic carbocycles. The first kappa shape index (κ1) is 7.79. The van der Waals surface area contributed by atoms with Crippen molar-refractivity contribution in [3.63, 3.8) is 0 Å². The van der Waals surface area contributed by atoms with Gasteiger partial charge in [0.15, 0.2) is 0 Å². The monoisotopic (exact) mass is 148 g/mol. The second-order valence-corrected chi connectivity index (χ2v) is 2.33. The predicted octanol–water partition coefficient (Wildman–Crippen LogP) is 2.33. The van der Waals surface area contributed by atoms with E-state index in [0.717, 1.165) is 11.5 Å². The van der Waals surface area contributed by atoms with Gasteiger partial charge in [0, 0.05) is 12.4 Å². The average molecular weight is 148 g/mol. The lowest BCUT2D eigenvalue weighted by molar-refractivity contribution is 1.11. The van der Waals surface area contributed by atoms with E-state index in [1.807, 2.05) is 36.8 Å². The van der Waals surface area contributed by atoms with Crippen LogP contribution in [-0.2, 0) is 0 Å². The maximum atomic E-state index is 4.28. The summed E-state index contributed by atoms with van der Waals surface area (Å²) in [6.07, 6.45) is 7.61. The first-order chi connectivity index (χ1) is 5.27. The van der Waals surface area contributed by atoms with Crippen LogP contribution in [0.4, 0.5) is 0 Å². The van der Waals surface area contributed by atoms with Crippen molar-refractivity contribution < 1.29 is 0 Å². The van der Waals surface area contributed by atoms with Crippen LogP contribution in [0, 0.1) is 6.92 Å². The number of nitrogens with zero attached hydrogens (tertiary/aromatic N) is 2. The molecule has 0 saturated heterocycles. The standard InChI is InChI=1S/C9H12N2/c1-4-6-9-10-8(3)7-11(9)5-2/h4-7H,2H2,1,3H3/b6-4-. The van der Waals surface area contributed by atoms with Gasteiger partial charge in [-0.3, -0.25) is 0 Å². The average Bonchev–Trinajstić information content (AvgIpc) is 2.32. The molecule has 0 fully saturated rings. The molecule has 0 aliphatic heterocycles.